The SMILES string of the molecule is O=P(O)(O)c1ccccc1I.[Cu]. The van der Waals surface area contributed by atoms with Crippen LogP contribution in [-0.4, -0.2) is 9.79 Å². The molecule has 1 radical (unpaired) electrons. The number of benzene rings is 1. The molecule has 1 rings (SSSR count). The number of halogens is 1. The largest absolute Gasteiger partial charge is 0.357 e. The van der Waals surface area contributed by atoms with Crippen LogP contribution in [0.25, 0.3) is 0 Å². The summed E-state index contributed by atoms with van der Waals surface area (Å²) in [6, 6.07) is 6.44. The quantitative estimate of drug-likeness (QED) is 0.454. The Morgan fingerprint density at radius 3 is 2.08 bits per heavy atom. The Hall–Kier alpha value is 0.619. The molecule has 3 nitrogen and oxygen atoms in total. The van der Waals surface area contributed by atoms with Gasteiger partial charge in [-0.1, -0.05) is 12.1 Å². The van der Waals surface area contributed by atoms with Crippen LogP contribution in [0.3, 0.4) is 0 Å². The third-order valence-corrected chi connectivity index (χ3v) is 3.55. The third-order valence-electron chi connectivity index (χ3n) is 1.17. The van der Waals surface area contributed by atoms with Crippen molar-refractivity contribution in [2.45, 2.75) is 0 Å². The van der Waals surface area contributed by atoms with Crippen LogP contribution < -0.4 is 5.30 Å². The van der Waals surface area contributed by atoms with Gasteiger partial charge >= 0.3 is 7.60 Å². The molecule has 0 amide bonds. The molecule has 0 unspecified atom stereocenters. The summed E-state index contributed by atoms with van der Waals surface area (Å²) < 4.78 is 11.3. The molecule has 0 bridgehead atoms. The minimum Gasteiger partial charge on any atom is -0.321 e. The van der Waals surface area contributed by atoms with E-state index in [1.54, 1.807) is 18.2 Å². The van der Waals surface area contributed by atoms with Crippen molar-refractivity contribution >= 4 is 35.5 Å². The van der Waals surface area contributed by atoms with Gasteiger partial charge < -0.3 is 9.79 Å². The first-order chi connectivity index (χ1) is 5.02. The van der Waals surface area contributed by atoms with Crippen molar-refractivity contribution in [2.24, 2.45) is 0 Å². The molecule has 71 valence electrons. The van der Waals surface area contributed by atoms with E-state index in [0.717, 1.165) is 0 Å². The van der Waals surface area contributed by atoms with Gasteiger partial charge in [-0.3, -0.25) is 4.57 Å². The molecule has 2 N–H and O–H groups in total. The first kappa shape index (κ1) is 12.6. The van der Waals surface area contributed by atoms with Gasteiger partial charge in [-0.25, -0.2) is 0 Å². The molecule has 0 aliphatic carbocycles. The Morgan fingerprint density at radius 2 is 1.75 bits per heavy atom. The zero-order chi connectivity index (χ0) is 8.48. The maximum Gasteiger partial charge on any atom is 0.357 e. The fourth-order valence-corrected chi connectivity index (χ4v) is 2.65. The summed E-state index contributed by atoms with van der Waals surface area (Å²) in [5, 5.41) is 0.0978. The number of rotatable bonds is 1. The standard InChI is InChI=1S/C6H6IO3P.Cu/c7-5-3-1-2-4-6(5)11(8,9)10;/h1-4H,(H2,8,9,10);. The van der Waals surface area contributed by atoms with Crippen LogP contribution in [0.1, 0.15) is 0 Å². The molecule has 0 aliphatic rings. The second-order valence-electron chi connectivity index (χ2n) is 2.00. The summed E-state index contributed by atoms with van der Waals surface area (Å²) in [6.45, 7) is 0. The molecule has 0 fully saturated rings. The van der Waals surface area contributed by atoms with E-state index < -0.39 is 7.60 Å². The molecule has 0 saturated carbocycles. The maximum atomic E-state index is 10.7. The minimum absolute atomic E-state index is 0. The Labute approximate surface area is 94.3 Å². The fraction of sp³-hybridized carbons (Fsp3) is 0. The van der Waals surface area contributed by atoms with E-state index in [0.29, 0.717) is 3.57 Å². The Kier molecular flexibility index (Phi) is 4.99. The van der Waals surface area contributed by atoms with E-state index in [2.05, 4.69) is 0 Å². The molecular weight excluding hydrogens is 341 g/mol. The van der Waals surface area contributed by atoms with Gasteiger partial charge in [-0.15, -0.1) is 0 Å². The van der Waals surface area contributed by atoms with Gasteiger partial charge in [-0.05, 0) is 34.7 Å². The Morgan fingerprint density at radius 1 is 1.25 bits per heavy atom. The summed E-state index contributed by atoms with van der Waals surface area (Å²) >= 11 is 1.89. The van der Waals surface area contributed by atoms with Crippen LogP contribution in [0.4, 0.5) is 0 Å². The first-order valence-corrected chi connectivity index (χ1v) is 5.51. The number of hydrogen-bond acceptors (Lipinski definition) is 1. The van der Waals surface area contributed by atoms with Crippen molar-refractivity contribution in [3.05, 3.63) is 27.8 Å². The second kappa shape index (κ2) is 4.74. The average molecular weight is 348 g/mol. The van der Waals surface area contributed by atoms with E-state index in [-0.39, 0.29) is 22.4 Å². The zero-order valence-electron chi connectivity index (χ0n) is 5.74. The molecule has 0 spiro atoms. The second-order valence-corrected chi connectivity index (χ2v) is 4.73. The molecule has 12 heavy (non-hydrogen) atoms. The summed E-state index contributed by atoms with van der Waals surface area (Å²) in [5.41, 5.74) is 0. The normalized spacial score (nSPS) is 10.6. The Balaban J connectivity index is 0.00000121. The molecular formula is C6H6CuIO3P. The topological polar surface area (TPSA) is 57.5 Å². The van der Waals surface area contributed by atoms with E-state index in [4.69, 9.17) is 9.79 Å². The summed E-state index contributed by atoms with van der Waals surface area (Å²) in [6.07, 6.45) is 0. The first-order valence-electron chi connectivity index (χ1n) is 2.82. The van der Waals surface area contributed by atoms with E-state index in [1.165, 1.54) is 6.07 Å². The molecule has 6 heteroatoms. The van der Waals surface area contributed by atoms with Crippen LogP contribution in [-0.2, 0) is 21.6 Å². The monoisotopic (exact) mass is 347 g/mol. The van der Waals surface area contributed by atoms with Gasteiger partial charge in [0.25, 0.3) is 0 Å². The van der Waals surface area contributed by atoms with E-state index >= 15 is 0 Å². The van der Waals surface area contributed by atoms with E-state index in [9.17, 15) is 4.57 Å². The zero-order valence-corrected chi connectivity index (χ0v) is 9.73. The molecule has 0 saturated heterocycles. The van der Waals surface area contributed by atoms with Gasteiger partial charge in [0.15, 0.2) is 0 Å². The van der Waals surface area contributed by atoms with Gasteiger partial charge in [0.05, 0.1) is 5.30 Å². The maximum absolute atomic E-state index is 10.7. The van der Waals surface area contributed by atoms with Crippen LogP contribution >= 0.6 is 30.2 Å². The summed E-state index contributed by atoms with van der Waals surface area (Å²) in [7, 11) is -4.06. The molecule has 0 aromatic heterocycles. The third kappa shape index (κ3) is 3.17. The molecule has 0 atom stereocenters. The Bertz CT molecular complexity index is 311. The van der Waals surface area contributed by atoms with Gasteiger partial charge in [0.2, 0.25) is 0 Å². The van der Waals surface area contributed by atoms with Crippen LogP contribution in [0.2, 0.25) is 0 Å². The van der Waals surface area contributed by atoms with Crippen molar-refractivity contribution in [3.63, 3.8) is 0 Å². The average Bonchev–Trinajstić information content (AvgIpc) is 1.86. The van der Waals surface area contributed by atoms with Crippen molar-refractivity contribution in [3.8, 4) is 0 Å². The van der Waals surface area contributed by atoms with Crippen LogP contribution in [0.5, 0.6) is 0 Å². The smallest absolute Gasteiger partial charge is 0.321 e. The van der Waals surface area contributed by atoms with Crippen LogP contribution in [0.15, 0.2) is 24.3 Å². The summed E-state index contributed by atoms with van der Waals surface area (Å²) in [4.78, 5) is 17.6. The number of hydrogen-bond donors (Lipinski definition) is 2. The van der Waals surface area contributed by atoms with E-state index in [1.807, 2.05) is 22.6 Å². The van der Waals surface area contributed by atoms with Crippen LogP contribution in [0, 0.1) is 3.57 Å². The summed E-state index contributed by atoms with van der Waals surface area (Å²) in [5.74, 6) is 0. The van der Waals surface area contributed by atoms with Crippen molar-refractivity contribution in [1.29, 1.82) is 0 Å². The van der Waals surface area contributed by atoms with Crippen molar-refractivity contribution in [2.75, 3.05) is 0 Å². The molecule has 0 aliphatic heterocycles. The molecule has 0 heterocycles. The molecule has 1 aromatic carbocycles. The molecule has 1 aromatic rings. The van der Waals surface area contributed by atoms with Gasteiger partial charge in [0, 0.05) is 20.6 Å². The fourth-order valence-electron chi connectivity index (χ4n) is 0.688. The van der Waals surface area contributed by atoms with Crippen molar-refractivity contribution < 1.29 is 31.4 Å². The predicted molar refractivity (Wildman–Crippen MR) is 50.8 cm³/mol. The minimum atomic E-state index is -4.06. The van der Waals surface area contributed by atoms with Crippen molar-refractivity contribution in [1.82, 2.24) is 0 Å². The predicted octanol–water partition coefficient (Wildman–Crippen LogP) is 1.09. The van der Waals surface area contributed by atoms with Gasteiger partial charge in [-0.2, -0.15) is 0 Å². The van der Waals surface area contributed by atoms with Gasteiger partial charge in [0.1, 0.15) is 0 Å².